The molecule has 1 aliphatic carbocycles. The Hall–Kier alpha value is -1.64. The lowest BCUT2D eigenvalue weighted by Gasteiger charge is -2.13. The predicted molar refractivity (Wildman–Crippen MR) is 82.7 cm³/mol. The van der Waals surface area contributed by atoms with Crippen molar-refractivity contribution in [1.29, 1.82) is 0 Å². The number of hydrogen-bond acceptors (Lipinski definition) is 2. The lowest BCUT2D eigenvalue weighted by Crippen LogP contribution is -2.17. The van der Waals surface area contributed by atoms with Crippen LogP contribution in [-0.2, 0) is 11.2 Å². The van der Waals surface area contributed by atoms with Gasteiger partial charge in [0.05, 0.1) is 12.6 Å². The molecule has 0 radical (unpaired) electrons. The second-order valence-electron chi connectivity index (χ2n) is 5.43. The van der Waals surface area contributed by atoms with Crippen molar-refractivity contribution in [2.24, 2.45) is 5.73 Å². The molecule has 0 saturated carbocycles. The first-order valence-corrected chi connectivity index (χ1v) is 7.34. The summed E-state index contributed by atoms with van der Waals surface area (Å²) in [6.45, 7) is 3.49. The third kappa shape index (κ3) is 2.49. The zero-order valence-corrected chi connectivity index (χ0v) is 11.9. The van der Waals surface area contributed by atoms with E-state index in [0.717, 1.165) is 19.4 Å². The van der Waals surface area contributed by atoms with Gasteiger partial charge in [-0.2, -0.15) is 0 Å². The number of ether oxygens (including phenoxy) is 1. The van der Waals surface area contributed by atoms with Crippen molar-refractivity contribution in [2.75, 3.05) is 13.2 Å². The average Bonchev–Trinajstić information content (AvgIpc) is 2.85. The summed E-state index contributed by atoms with van der Waals surface area (Å²) >= 11 is 0. The van der Waals surface area contributed by atoms with E-state index >= 15 is 0 Å². The van der Waals surface area contributed by atoms with Gasteiger partial charge >= 0.3 is 0 Å². The lowest BCUT2D eigenvalue weighted by atomic mass is 10.0. The number of benzene rings is 2. The van der Waals surface area contributed by atoms with E-state index in [1.54, 1.807) is 0 Å². The quantitative estimate of drug-likeness (QED) is 0.716. The van der Waals surface area contributed by atoms with Crippen LogP contribution in [0.1, 0.15) is 36.1 Å². The standard InChI is InChI=1S/C18H21NO/c1-2-9-20-12-18(19)14-7-8-17-15(11-14)10-13-5-3-4-6-16(13)17/h3-8,11,18H,2,9-10,12,19H2,1H3. The molecule has 1 atom stereocenters. The van der Waals surface area contributed by atoms with Gasteiger partial charge in [-0.1, -0.05) is 49.4 Å². The molecule has 2 nitrogen and oxygen atoms in total. The molecule has 0 aliphatic heterocycles. The van der Waals surface area contributed by atoms with Crippen molar-refractivity contribution in [2.45, 2.75) is 25.8 Å². The summed E-state index contributed by atoms with van der Waals surface area (Å²) in [5.41, 5.74) is 12.9. The highest BCUT2D eigenvalue weighted by atomic mass is 16.5. The maximum atomic E-state index is 6.21. The second kappa shape index (κ2) is 5.78. The summed E-state index contributed by atoms with van der Waals surface area (Å²) in [5, 5.41) is 0. The van der Waals surface area contributed by atoms with Crippen LogP contribution in [0, 0.1) is 0 Å². The first kappa shape index (κ1) is 13.3. The lowest BCUT2D eigenvalue weighted by molar-refractivity contribution is 0.121. The van der Waals surface area contributed by atoms with Gasteiger partial charge in [-0.25, -0.2) is 0 Å². The van der Waals surface area contributed by atoms with Crippen molar-refractivity contribution >= 4 is 0 Å². The van der Waals surface area contributed by atoms with Crippen LogP contribution in [0.5, 0.6) is 0 Å². The molecule has 2 aromatic rings. The van der Waals surface area contributed by atoms with Crippen molar-refractivity contribution in [3.8, 4) is 11.1 Å². The molecule has 1 aliphatic rings. The smallest absolute Gasteiger partial charge is 0.0659 e. The molecule has 2 aromatic carbocycles. The molecule has 0 bridgehead atoms. The maximum Gasteiger partial charge on any atom is 0.0659 e. The minimum absolute atomic E-state index is 0.0319. The van der Waals surface area contributed by atoms with E-state index in [1.807, 2.05) is 0 Å². The fraction of sp³-hybridized carbons (Fsp3) is 0.333. The summed E-state index contributed by atoms with van der Waals surface area (Å²) in [4.78, 5) is 0. The Kier molecular flexibility index (Phi) is 3.86. The van der Waals surface area contributed by atoms with E-state index in [0.29, 0.717) is 6.61 Å². The molecule has 3 rings (SSSR count). The second-order valence-corrected chi connectivity index (χ2v) is 5.43. The first-order chi connectivity index (χ1) is 9.79. The Bertz CT molecular complexity index is 606. The highest BCUT2D eigenvalue weighted by Crippen LogP contribution is 2.37. The van der Waals surface area contributed by atoms with E-state index in [9.17, 15) is 0 Å². The van der Waals surface area contributed by atoms with Gasteiger partial charge < -0.3 is 10.5 Å². The molecule has 2 N–H and O–H groups in total. The normalized spacial score (nSPS) is 13.9. The minimum Gasteiger partial charge on any atom is -0.379 e. The third-order valence-electron chi connectivity index (χ3n) is 3.89. The number of rotatable bonds is 5. The van der Waals surface area contributed by atoms with Crippen LogP contribution in [0.2, 0.25) is 0 Å². The van der Waals surface area contributed by atoms with E-state index in [-0.39, 0.29) is 6.04 Å². The van der Waals surface area contributed by atoms with Gasteiger partial charge in [-0.05, 0) is 40.7 Å². The number of hydrogen-bond donors (Lipinski definition) is 1. The fourth-order valence-electron chi connectivity index (χ4n) is 2.85. The average molecular weight is 267 g/mol. The highest BCUT2D eigenvalue weighted by Gasteiger charge is 2.19. The Morgan fingerprint density at radius 3 is 2.75 bits per heavy atom. The van der Waals surface area contributed by atoms with Crippen LogP contribution in [-0.4, -0.2) is 13.2 Å². The monoisotopic (exact) mass is 267 g/mol. The largest absolute Gasteiger partial charge is 0.379 e. The summed E-state index contributed by atoms with van der Waals surface area (Å²) in [6.07, 6.45) is 2.05. The summed E-state index contributed by atoms with van der Waals surface area (Å²) < 4.78 is 5.56. The van der Waals surface area contributed by atoms with Gasteiger partial charge in [-0.3, -0.25) is 0 Å². The Labute approximate surface area is 120 Å². The molecule has 0 aromatic heterocycles. The molecule has 20 heavy (non-hydrogen) atoms. The predicted octanol–water partition coefficient (Wildman–Crippen LogP) is 3.68. The van der Waals surface area contributed by atoms with Gasteiger partial charge in [0.1, 0.15) is 0 Å². The SMILES string of the molecule is CCCOCC(N)c1ccc2c(c1)Cc1ccccc1-2. The van der Waals surface area contributed by atoms with E-state index in [1.165, 1.54) is 27.8 Å². The van der Waals surface area contributed by atoms with Crippen LogP contribution < -0.4 is 5.73 Å². The topological polar surface area (TPSA) is 35.2 Å². The molecular formula is C18H21NO. The number of fused-ring (bicyclic) bond motifs is 3. The van der Waals surface area contributed by atoms with Gasteiger partial charge in [0.2, 0.25) is 0 Å². The number of nitrogens with two attached hydrogens (primary N) is 1. The molecule has 0 spiro atoms. The molecule has 0 amide bonds. The fourth-order valence-corrected chi connectivity index (χ4v) is 2.85. The van der Waals surface area contributed by atoms with Crippen LogP contribution >= 0.6 is 0 Å². The van der Waals surface area contributed by atoms with Crippen molar-refractivity contribution < 1.29 is 4.74 Å². The Balaban J connectivity index is 1.80. The molecule has 0 heterocycles. The van der Waals surface area contributed by atoms with E-state index < -0.39 is 0 Å². The van der Waals surface area contributed by atoms with Gasteiger partial charge in [-0.15, -0.1) is 0 Å². The van der Waals surface area contributed by atoms with Gasteiger partial charge in [0.15, 0.2) is 0 Å². The van der Waals surface area contributed by atoms with Crippen LogP contribution in [0.25, 0.3) is 11.1 Å². The van der Waals surface area contributed by atoms with Crippen LogP contribution in [0.3, 0.4) is 0 Å². The zero-order chi connectivity index (χ0) is 13.9. The molecule has 0 fully saturated rings. The summed E-state index contributed by atoms with van der Waals surface area (Å²) in [5.74, 6) is 0. The molecule has 1 unspecified atom stereocenters. The van der Waals surface area contributed by atoms with E-state index in [4.69, 9.17) is 10.5 Å². The Morgan fingerprint density at radius 2 is 1.90 bits per heavy atom. The van der Waals surface area contributed by atoms with Crippen molar-refractivity contribution in [3.63, 3.8) is 0 Å². The molecule has 2 heteroatoms. The maximum absolute atomic E-state index is 6.21. The summed E-state index contributed by atoms with van der Waals surface area (Å²) in [7, 11) is 0. The Morgan fingerprint density at radius 1 is 1.10 bits per heavy atom. The van der Waals surface area contributed by atoms with E-state index in [2.05, 4.69) is 49.4 Å². The zero-order valence-electron chi connectivity index (χ0n) is 11.9. The van der Waals surface area contributed by atoms with Crippen molar-refractivity contribution in [1.82, 2.24) is 0 Å². The highest BCUT2D eigenvalue weighted by molar-refractivity contribution is 5.76. The molecule has 0 saturated heterocycles. The van der Waals surface area contributed by atoms with Crippen molar-refractivity contribution in [3.05, 3.63) is 59.2 Å². The molecule has 104 valence electrons. The third-order valence-corrected chi connectivity index (χ3v) is 3.89. The van der Waals surface area contributed by atoms with Crippen LogP contribution in [0.15, 0.2) is 42.5 Å². The minimum atomic E-state index is -0.0319. The van der Waals surface area contributed by atoms with Gasteiger partial charge in [0, 0.05) is 6.61 Å². The van der Waals surface area contributed by atoms with Gasteiger partial charge in [0.25, 0.3) is 0 Å². The molecular weight excluding hydrogens is 246 g/mol. The first-order valence-electron chi connectivity index (χ1n) is 7.34. The van der Waals surface area contributed by atoms with Crippen LogP contribution in [0.4, 0.5) is 0 Å². The summed E-state index contributed by atoms with van der Waals surface area (Å²) in [6, 6.07) is 15.2.